The van der Waals surface area contributed by atoms with Crippen LogP contribution in [0.3, 0.4) is 0 Å². The second-order valence-corrected chi connectivity index (χ2v) is 4.94. The van der Waals surface area contributed by atoms with Crippen LogP contribution in [0.2, 0.25) is 0 Å². The van der Waals surface area contributed by atoms with Crippen molar-refractivity contribution >= 4 is 23.2 Å². The predicted octanol–water partition coefficient (Wildman–Crippen LogP) is 2.73. The van der Waals surface area contributed by atoms with Gasteiger partial charge in [-0.05, 0) is 26.3 Å². The Labute approximate surface area is 110 Å². The van der Waals surface area contributed by atoms with Gasteiger partial charge in [-0.3, -0.25) is 14.9 Å². The molecule has 2 atom stereocenters. The molecular formula is C12H15ClN2O3. The molecule has 0 radical (unpaired) electrons. The van der Waals surface area contributed by atoms with Crippen LogP contribution in [0.1, 0.15) is 30.6 Å². The molecule has 0 aliphatic carbocycles. The Kier molecular flexibility index (Phi) is 5.09. The average Bonchev–Trinajstić information content (AvgIpc) is 2.27. The molecule has 0 saturated carbocycles. The zero-order valence-corrected chi connectivity index (χ0v) is 11.0. The summed E-state index contributed by atoms with van der Waals surface area (Å²) in [7, 11) is 0. The summed E-state index contributed by atoms with van der Waals surface area (Å²) in [6.45, 7) is 3.69. The molecule has 1 aromatic carbocycles. The van der Waals surface area contributed by atoms with Crippen LogP contribution in [-0.4, -0.2) is 22.2 Å². The number of nitro benzene ring substituents is 1. The normalized spacial score (nSPS) is 13.7. The number of alkyl halides is 1. The maximum atomic E-state index is 11.8. The topological polar surface area (TPSA) is 72.2 Å². The van der Waals surface area contributed by atoms with E-state index in [1.54, 1.807) is 6.07 Å². The molecule has 0 heterocycles. The number of hydrogen-bond acceptors (Lipinski definition) is 3. The minimum atomic E-state index is -0.527. The van der Waals surface area contributed by atoms with Crippen molar-refractivity contribution in [1.29, 1.82) is 0 Å². The largest absolute Gasteiger partial charge is 0.350 e. The van der Waals surface area contributed by atoms with E-state index in [1.165, 1.54) is 18.2 Å². The van der Waals surface area contributed by atoms with Gasteiger partial charge in [0.1, 0.15) is 0 Å². The van der Waals surface area contributed by atoms with Crippen LogP contribution in [0.15, 0.2) is 24.3 Å². The van der Waals surface area contributed by atoms with Crippen LogP contribution in [-0.2, 0) is 0 Å². The predicted molar refractivity (Wildman–Crippen MR) is 70.0 cm³/mol. The number of non-ortho nitro benzene ring substituents is 1. The second kappa shape index (κ2) is 6.35. The average molecular weight is 271 g/mol. The molecule has 0 saturated heterocycles. The summed E-state index contributed by atoms with van der Waals surface area (Å²) in [5.74, 6) is -0.330. The molecule has 5 nitrogen and oxygen atoms in total. The maximum absolute atomic E-state index is 11.8. The SMILES string of the molecule is CC(Cl)CC(C)NC(=O)c1cccc([N+](=O)[O-])c1. The third-order valence-electron chi connectivity index (χ3n) is 2.37. The number of benzene rings is 1. The van der Waals surface area contributed by atoms with Crippen molar-refractivity contribution in [3.05, 3.63) is 39.9 Å². The number of nitrogens with zero attached hydrogens (tertiary/aromatic N) is 1. The van der Waals surface area contributed by atoms with Crippen LogP contribution in [0.5, 0.6) is 0 Å². The van der Waals surface area contributed by atoms with E-state index in [2.05, 4.69) is 5.32 Å². The summed E-state index contributed by atoms with van der Waals surface area (Å²) in [5, 5.41) is 13.3. The van der Waals surface area contributed by atoms with E-state index in [0.717, 1.165) is 0 Å². The molecule has 1 aromatic rings. The molecule has 1 N–H and O–H groups in total. The van der Waals surface area contributed by atoms with Gasteiger partial charge in [0.05, 0.1) is 4.92 Å². The number of halogens is 1. The molecule has 0 aliphatic rings. The Morgan fingerprint density at radius 3 is 2.72 bits per heavy atom. The minimum absolute atomic E-state index is 0.0367. The summed E-state index contributed by atoms with van der Waals surface area (Å²) in [4.78, 5) is 21.9. The third kappa shape index (κ3) is 4.33. The lowest BCUT2D eigenvalue weighted by molar-refractivity contribution is -0.384. The number of carbonyl (C=O) groups excluding carboxylic acids is 1. The molecule has 1 amide bonds. The fraction of sp³-hybridized carbons (Fsp3) is 0.417. The van der Waals surface area contributed by atoms with Crippen LogP contribution in [0, 0.1) is 10.1 Å². The van der Waals surface area contributed by atoms with E-state index >= 15 is 0 Å². The maximum Gasteiger partial charge on any atom is 0.270 e. The van der Waals surface area contributed by atoms with Crippen molar-refractivity contribution in [1.82, 2.24) is 5.32 Å². The molecule has 98 valence electrons. The van der Waals surface area contributed by atoms with Crippen molar-refractivity contribution in [3.63, 3.8) is 0 Å². The Morgan fingerprint density at radius 2 is 2.17 bits per heavy atom. The number of rotatable bonds is 5. The van der Waals surface area contributed by atoms with Gasteiger partial charge in [-0.2, -0.15) is 0 Å². The first kappa shape index (κ1) is 14.4. The van der Waals surface area contributed by atoms with Gasteiger partial charge in [0, 0.05) is 29.1 Å². The first-order valence-electron chi connectivity index (χ1n) is 5.59. The smallest absolute Gasteiger partial charge is 0.270 e. The summed E-state index contributed by atoms with van der Waals surface area (Å²) < 4.78 is 0. The van der Waals surface area contributed by atoms with Crippen LogP contribution >= 0.6 is 11.6 Å². The van der Waals surface area contributed by atoms with E-state index < -0.39 is 4.92 Å². The first-order chi connectivity index (χ1) is 8.40. The lowest BCUT2D eigenvalue weighted by Crippen LogP contribution is -2.33. The van der Waals surface area contributed by atoms with Crippen molar-refractivity contribution in [2.45, 2.75) is 31.7 Å². The molecule has 1 rings (SSSR count). The minimum Gasteiger partial charge on any atom is -0.350 e. The highest BCUT2D eigenvalue weighted by atomic mass is 35.5. The molecule has 0 aromatic heterocycles. The lowest BCUT2D eigenvalue weighted by atomic mass is 10.1. The molecular weight excluding hydrogens is 256 g/mol. The fourth-order valence-electron chi connectivity index (χ4n) is 1.61. The molecule has 18 heavy (non-hydrogen) atoms. The summed E-state index contributed by atoms with van der Waals surface area (Å²) in [6.07, 6.45) is 0.641. The first-order valence-corrected chi connectivity index (χ1v) is 6.03. The highest BCUT2D eigenvalue weighted by Gasteiger charge is 2.14. The van der Waals surface area contributed by atoms with E-state index in [9.17, 15) is 14.9 Å². The number of nitro groups is 1. The van der Waals surface area contributed by atoms with Gasteiger partial charge in [-0.15, -0.1) is 11.6 Å². The highest BCUT2D eigenvalue weighted by molar-refractivity contribution is 6.20. The number of nitrogens with one attached hydrogen (secondary N) is 1. The molecule has 0 bridgehead atoms. The second-order valence-electron chi connectivity index (χ2n) is 4.20. The third-order valence-corrected chi connectivity index (χ3v) is 2.55. The lowest BCUT2D eigenvalue weighted by Gasteiger charge is -2.14. The summed E-state index contributed by atoms with van der Waals surface area (Å²) in [5.41, 5.74) is 0.180. The van der Waals surface area contributed by atoms with Gasteiger partial charge in [0.25, 0.3) is 11.6 Å². The van der Waals surface area contributed by atoms with Crippen molar-refractivity contribution < 1.29 is 9.72 Å². The van der Waals surface area contributed by atoms with Crippen molar-refractivity contribution in [2.24, 2.45) is 0 Å². The monoisotopic (exact) mass is 270 g/mol. The number of hydrogen-bond donors (Lipinski definition) is 1. The van der Waals surface area contributed by atoms with Gasteiger partial charge in [-0.1, -0.05) is 6.07 Å². The number of carbonyl (C=O) groups is 1. The van der Waals surface area contributed by atoms with Gasteiger partial charge < -0.3 is 5.32 Å². The molecule has 0 spiro atoms. The molecule has 0 aliphatic heterocycles. The van der Waals surface area contributed by atoms with E-state index in [0.29, 0.717) is 6.42 Å². The Morgan fingerprint density at radius 1 is 1.50 bits per heavy atom. The Hall–Kier alpha value is -1.62. The van der Waals surface area contributed by atoms with Crippen molar-refractivity contribution in [2.75, 3.05) is 0 Å². The van der Waals surface area contributed by atoms with Gasteiger partial charge in [0.2, 0.25) is 0 Å². The Bertz CT molecular complexity index is 449. The molecule has 0 fully saturated rings. The Balaban J connectivity index is 2.72. The standard InChI is InChI=1S/C12H15ClN2O3/c1-8(13)6-9(2)14-12(16)10-4-3-5-11(7-10)15(17)18/h3-5,7-9H,6H2,1-2H3,(H,14,16). The van der Waals surface area contributed by atoms with Gasteiger partial charge >= 0.3 is 0 Å². The molecule has 2 unspecified atom stereocenters. The van der Waals surface area contributed by atoms with Crippen molar-refractivity contribution in [3.8, 4) is 0 Å². The zero-order chi connectivity index (χ0) is 13.7. The zero-order valence-electron chi connectivity index (χ0n) is 10.2. The van der Waals surface area contributed by atoms with Crippen LogP contribution < -0.4 is 5.32 Å². The van der Waals surface area contributed by atoms with Crippen LogP contribution in [0.25, 0.3) is 0 Å². The summed E-state index contributed by atoms with van der Waals surface area (Å²) >= 11 is 5.83. The van der Waals surface area contributed by atoms with E-state index in [4.69, 9.17) is 11.6 Å². The van der Waals surface area contributed by atoms with E-state index in [1.807, 2.05) is 13.8 Å². The van der Waals surface area contributed by atoms with Gasteiger partial charge in [-0.25, -0.2) is 0 Å². The van der Waals surface area contributed by atoms with Gasteiger partial charge in [0.15, 0.2) is 0 Å². The highest BCUT2D eigenvalue weighted by Crippen LogP contribution is 2.13. The fourth-order valence-corrected chi connectivity index (χ4v) is 1.88. The van der Waals surface area contributed by atoms with Crippen LogP contribution in [0.4, 0.5) is 5.69 Å². The molecule has 6 heteroatoms. The number of amides is 1. The summed E-state index contributed by atoms with van der Waals surface area (Å²) in [6, 6.07) is 5.55. The van der Waals surface area contributed by atoms with E-state index in [-0.39, 0.29) is 28.6 Å². The quantitative estimate of drug-likeness (QED) is 0.508.